The second-order valence-electron chi connectivity index (χ2n) is 15.2. The first-order valence-corrected chi connectivity index (χ1v) is 19.7. The predicted molar refractivity (Wildman–Crippen MR) is 209 cm³/mol. The zero-order valence-corrected chi connectivity index (χ0v) is 32.5. The number of alkyl halides is 3. The third-order valence-corrected chi connectivity index (χ3v) is 11.6. The third kappa shape index (κ3) is 8.20. The van der Waals surface area contributed by atoms with Gasteiger partial charge in [-0.2, -0.15) is 13.2 Å². The van der Waals surface area contributed by atoms with Crippen LogP contribution in [0.2, 0.25) is 0 Å². The second kappa shape index (κ2) is 16.6. The van der Waals surface area contributed by atoms with E-state index in [-0.39, 0.29) is 53.4 Å². The van der Waals surface area contributed by atoms with Crippen molar-refractivity contribution in [3.8, 4) is 0 Å². The molecule has 0 unspecified atom stereocenters. The summed E-state index contributed by atoms with van der Waals surface area (Å²) in [6.45, 7) is 10.3. The standard InChI is InChI=1S/C43H52F3N5O4/c1-6-27-23(2)30-22-35-38(42(54)43(44,45)46)25(4)32(49-35)20-31-24(3)28(15-16-37(53)55-18-14-12-10-8-7-9-11-13-17-47)40(50-31)29-19-36(52)39-26(5)33(51-41(29)39)21-34(27)48-30/h20-22,24,28,50,54H,6-19,47H2,1-5H3/b30-22?,31-20?,33-21?,40-29?,42-38-/t24-,28-/m0/s1. The maximum atomic E-state index is 14.1. The van der Waals surface area contributed by atoms with Gasteiger partial charge in [-0.25, -0.2) is 15.0 Å². The summed E-state index contributed by atoms with van der Waals surface area (Å²) < 4.78 is 47.9. The maximum Gasteiger partial charge on any atom is 0.449 e. The quantitative estimate of drug-likeness (QED) is 0.0917. The number of aliphatic hydroxyl groups is 1. The number of ketones is 1. The normalized spacial score (nSPS) is 23.0. The largest absolute Gasteiger partial charge is 0.504 e. The minimum atomic E-state index is -5.00. The molecule has 0 aromatic carbocycles. The van der Waals surface area contributed by atoms with Crippen molar-refractivity contribution in [1.29, 1.82) is 0 Å². The number of nitrogens with zero attached hydrogens (tertiary/aromatic N) is 3. The molecule has 12 heteroatoms. The van der Waals surface area contributed by atoms with Gasteiger partial charge in [0.1, 0.15) is 0 Å². The van der Waals surface area contributed by atoms with Crippen LogP contribution in [0.25, 0.3) is 0 Å². The van der Waals surface area contributed by atoms with E-state index in [1.165, 1.54) is 32.3 Å². The van der Waals surface area contributed by atoms with Gasteiger partial charge in [0.15, 0.2) is 5.78 Å². The predicted octanol–water partition coefficient (Wildman–Crippen LogP) is 9.19. The van der Waals surface area contributed by atoms with Crippen molar-refractivity contribution in [2.24, 2.45) is 32.5 Å². The highest BCUT2D eigenvalue weighted by molar-refractivity contribution is 6.38. The molecular formula is C43H52F3N5O4. The Morgan fingerprint density at radius 3 is 2.25 bits per heavy atom. The summed E-state index contributed by atoms with van der Waals surface area (Å²) >= 11 is 0. The van der Waals surface area contributed by atoms with E-state index in [0.717, 1.165) is 66.6 Å². The molecule has 1 saturated heterocycles. The molecule has 0 amide bonds. The topological polar surface area (TPSA) is 139 Å². The van der Waals surface area contributed by atoms with Crippen molar-refractivity contribution < 1.29 is 32.6 Å². The number of nitrogens with two attached hydrogens (primary N) is 1. The van der Waals surface area contributed by atoms with E-state index in [4.69, 9.17) is 20.5 Å². The van der Waals surface area contributed by atoms with E-state index in [1.54, 1.807) is 6.08 Å². The number of esters is 1. The van der Waals surface area contributed by atoms with Crippen LogP contribution in [0.4, 0.5) is 13.2 Å². The first-order chi connectivity index (χ1) is 26.2. The number of hydrogen-bond donors (Lipinski definition) is 3. The van der Waals surface area contributed by atoms with Crippen LogP contribution in [0, 0.1) is 11.8 Å². The van der Waals surface area contributed by atoms with Gasteiger partial charge in [-0.15, -0.1) is 0 Å². The van der Waals surface area contributed by atoms with Crippen LogP contribution in [0.15, 0.2) is 106 Å². The van der Waals surface area contributed by atoms with Gasteiger partial charge in [-0.05, 0) is 93.5 Å². The van der Waals surface area contributed by atoms with Gasteiger partial charge in [0.25, 0.3) is 0 Å². The van der Waals surface area contributed by atoms with Crippen molar-refractivity contribution in [3.63, 3.8) is 0 Å². The van der Waals surface area contributed by atoms with Gasteiger partial charge >= 0.3 is 12.1 Å². The number of Topliss-reactive ketones (excluding diaryl/α,β-unsaturated/α-hetero) is 1. The Labute approximate surface area is 321 Å². The molecule has 2 fully saturated rings. The SMILES string of the molecule is CCC1=C(C)C2=CC3=NC(=C(C)/C3=C(/O)C(F)(F)F)C=C3NC(=C4CC(=O)C5=C(C)C(=CC1=N2)N=C45)[C@@H](CCC(=O)OCCCCCCCCCCN)[C@@H]3C. The monoisotopic (exact) mass is 759 g/mol. The van der Waals surface area contributed by atoms with E-state index in [9.17, 15) is 27.9 Å². The number of carbonyl (C=O) groups is 2. The van der Waals surface area contributed by atoms with Crippen LogP contribution in [0.1, 0.15) is 112 Å². The van der Waals surface area contributed by atoms with Gasteiger partial charge in [0, 0.05) is 47.2 Å². The number of ether oxygens (including phenoxy) is 1. The molecule has 0 spiro atoms. The minimum Gasteiger partial charge on any atom is -0.504 e. The molecule has 55 heavy (non-hydrogen) atoms. The molecule has 0 aromatic heterocycles. The zero-order valence-electron chi connectivity index (χ0n) is 32.5. The number of fused-ring (bicyclic) bond motifs is 5. The van der Waals surface area contributed by atoms with Crippen molar-refractivity contribution >= 4 is 28.9 Å². The maximum absolute atomic E-state index is 14.1. The Balaban J connectivity index is 1.33. The summed E-state index contributed by atoms with van der Waals surface area (Å²) in [6, 6.07) is 0. The number of allylic oxidation sites excluding steroid dienone is 13. The number of nitrogens with one attached hydrogen (secondary N) is 1. The second-order valence-corrected chi connectivity index (χ2v) is 15.2. The molecule has 6 rings (SSSR count). The lowest BCUT2D eigenvalue weighted by Crippen LogP contribution is -2.17. The third-order valence-electron chi connectivity index (χ3n) is 11.6. The summed E-state index contributed by atoms with van der Waals surface area (Å²) in [6.07, 6.45) is 10.0. The molecule has 0 aromatic rings. The molecule has 2 atom stereocenters. The van der Waals surface area contributed by atoms with Gasteiger partial charge in [0.2, 0.25) is 5.76 Å². The lowest BCUT2D eigenvalue weighted by molar-refractivity contribution is -0.144. The number of aliphatic imine (C=N–C) groups is 3. The average molecular weight is 760 g/mol. The fraction of sp³-hybridized carbons (Fsp3) is 0.512. The summed E-state index contributed by atoms with van der Waals surface area (Å²) in [4.78, 5) is 41.1. The van der Waals surface area contributed by atoms with E-state index in [0.29, 0.717) is 53.5 Å². The Bertz CT molecular complexity index is 2010. The Kier molecular flexibility index (Phi) is 12.1. The molecule has 4 N–H and O–H groups in total. The van der Waals surface area contributed by atoms with Gasteiger partial charge < -0.3 is 20.9 Å². The highest BCUT2D eigenvalue weighted by Gasteiger charge is 2.44. The van der Waals surface area contributed by atoms with Crippen LogP contribution in [-0.4, -0.2) is 53.3 Å². The van der Waals surface area contributed by atoms with Crippen molar-refractivity contribution in [1.82, 2.24) is 5.32 Å². The highest BCUT2D eigenvalue weighted by Crippen LogP contribution is 2.46. The number of carbonyl (C=O) groups excluding carboxylic acids is 2. The molecule has 1 aliphatic carbocycles. The number of halogens is 3. The summed E-state index contributed by atoms with van der Waals surface area (Å²) in [5.41, 5.74) is 13.0. The van der Waals surface area contributed by atoms with Gasteiger partial charge in [0.05, 0.1) is 46.4 Å². The Morgan fingerprint density at radius 1 is 0.927 bits per heavy atom. The fourth-order valence-electron chi connectivity index (χ4n) is 8.37. The summed E-state index contributed by atoms with van der Waals surface area (Å²) in [5.74, 6) is -2.52. The smallest absolute Gasteiger partial charge is 0.449 e. The average Bonchev–Trinajstić information content (AvgIpc) is 3.89. The summed E-state index contributed by atoms with van der Waals surface area (Å²) in [5, 5.41) is 14.1. The van der Waals surface area contributed by atoms with E-state index < -0.39 is 17.5 Å². The zero-order chi connectivity index (χ0) is 39.6. The first kappa shape index (κ1) is 40.1. The van der Waals surface area contributed by atoms with Crippen molar-refractivity contribution in [3.05, 3.63) is 91.5 Å². The lowest BCUT2D eigenvalue weighted by atomic mass is 9.86. The fourth-order valence-corrected chi connectivity index (χ4v) is 8.37. The molecule has 8 bridgehead atoms. The highest BCUT2D eigenvalue weighted by atomic mass is 19.4. The molecular weight excluding hydrogens is 707 g/mol. The van der Waals surface area contributed by atoms with E-state index >= 15 is 0 Å². The van der Waals surface area contributed by atoms with Crippen LogP contribution in [0.5, 0.6) is 0 Å². The van der Waals surface area contributed by atoms with Crippen LogP contribution < -0.4 is 11.1 Å². The van der Waals surface area contributed by atoms with Crippen LogP contribution in [0.3, 0.4) is 0 Å². The molecule has 294 valence electrons. The number of unbranched alkanes of at least 4 members (excludes halogenated alkanes) is 7. The molecule has 5 heterocycles. The van der Waals surface area contributed by atoms with Crippen molar-refractivity contribution in [2.45, 2.75) is 118 Å². The molecule has 0 radical (unpaired) electrons. The van der Waals surface area contributed by atoms with Gasteiger partial charge in [-0.3, -0.25) is 9.59 Å². The van der Waals surface area contributed by atoms with Crippen molar-refractivity contribution in [2.75, 3.05) is 13.2 Å². The molecule has 9 nitrogen and oxygen atoms in total. The Hall–Kier alpha value is -4.58. The van der Waals surface area contributed by atoms with E-state index in [1.807, 2.05) is 33.8 Å². The first-order valence-electron chi connectivity index (χ1n) is 19.7. The summed E-state index contributed by atoms with van der Waals surface area (Å²) in [7, 11) is 0. The number of rotatable bonds is 14. The lowest BCUT2D eigenvalue weighted by Gasteiger charge is -2.17. The Morgan fingerprint density at radius 2 is 1.58 bits per heavy atom. The molecule has 6 aliphatic rings. The van der Waals surface area contributed by atoms with Gasteiger partial charge in [-0.1, -0.05) is 52.4 Å². The minimum absolute atomic E-state index is 0.0381. The van der Waals surface area contributed by atoms with Crippen LogP contribution in [-0.2, 0) is 14.3 Å². The molecule has 1 saturated carbocycles. The number of hydrogen-bond acceptors (Lipinski definition) is 9. The molecule has 5 aliphatic heterocycles. The van der Waals surface area contributed by atoms with Crippen LogP contribution >= 0.6 is 0 Å². The van der Waals surface area contributed by atoms with E-state index in [2.05, 4.69) is 10.3 Å². The number of aliphatic hydroxyl groups excluding tert-OH is 1.